The molecule has 0 fully saturated rings. The molecular formula is C22H21FN4O4. The topological polar surface area (TPSA) is 102 Å². The fourth-order valence-corrected chi connectivity index (χ4v) is 2.88. The zero-order valence-corrected chi connectivity index (χ0v) is 17.0. The normalized spacial score (nSPS) is 10.4. The van der Waals surface area contributed by atoms with Gasteiger partial charge in [-0.05, 0) is 44.2 Å². The van der Waals surface area contributed by atoms with Gasteiger partial charge in [-0.3, -0.25) is 14.2 Å². The summed E-state index contributed by atoms with van der Waals surface area (Å²) in [6, 6.07) is 13.3. The molecule has 0 unspecified atom stereocenters. The van der Waals surface area contributed by atoms with Gasteiger partial charge in [-0.2, -0.15) is 0 Å². The summed E-state index contributed by atoms with van der Waals surface area (Å²) >= 11 is 0. The first-order chi connectivity index (χ1) is 14.9. The van der Waals surface area contributed by atoms with Crippen LogP contribution in [0.4, 0.5) is 21.7 Å². The van der Waals surface area contributed by atoms with Crippen molar-refractivity contribution >= 4 is 29.2 Å². The molecular weight excluding hydrogens is 403 g/mol. The van der Waals surface area contributed by atoms with Gasteiger partial charge in [0.15, 0.2) is 0 Å². The number of carbonyl (C=O) groups is 2. The van der Waals surface area contributed by atoms with Gasteiger partial charge in [0.05, 0.1) is 17.9 Å². The van der Waals surface area contributed by atoms with Crippen molar-refractivity contribution in [1.82, 2.24) is 9.55 Å². The van der Waals surface area contributed by atoms with E-state index in [1.165, 1.54) is 30.3 Å². The van der Waals surface area contributed by atoms with Crippen molar-refractivity contribution in [2.24, 2.45) is 0 Å². The lowest BCUT2D eigenvalue weighted by molar-refractivity contribution is -0.116. The van der Waals surface area contributed by atoms with Crippen LogP contribution >= 0.6 is 0 Å². The number of nitrogens with zero attached hydrogens (tertiary/aromatic N) is 2. The molecule has 0 saturated heterocycles. The molecule has 2 N–H and O–H groups in total. The van der Waals surface area contributed by atoms with Gasteiger partial charge in [0.2, 0.25) is 11.9 Å². The number of rotatable bonds is 7. The lowest BCUT2D eigenvalue weighted by atomic mass is 10.2. The summed E-state index contributed by atoms with van der Waals surface area (Å²) < 4.78 is 19.6. The van der Waals surface area contributed by atoms with Gasteiger partial charge in [-0.25, -0.2) is 14.2 Å². The zero-order valence-electron chi connectivity index (χ0n) is 17.0. The van der Waals surface area contributed by atoms with Crippen LogP contribution in [0.15, 0.2) is 59.4 Å². The van der Waals surface area contributed by atoms with Crippen LogP contribution in [0, 0.1) is 12.7 Å². The Balaban J connectivity index is 1.85. The third-order valence-electron chi connectivity index (χ3n) is 4.22. The summed E-state index contributed by atoms with van der Waals surface area (Å²) in [7, 11) is 0. The molecule has 0 atom stereocenters. The van der Waals surface area contributed by atoms with Crippen LogP contribution in [-0.4, -0.2) is 28.0 Å². The largest absolute Gasteiger partial charge is 0.462 e. The average Bonchev–Trinajstić information content (AvgIpc) is 2.71. The van der Waals surface area contributed by atoms with E-state index in [0.29, 0.717) is 11.4 Å². The smallest absolute Gasteiger partial charge is 0.340 e. The van der Waals surface area contributed by atoms with Crippen molar-refractivity contribution in [1.29, 1.82) is 0 Å². The monoisotopic (exact) mass is 424 g/mol. The number of hydrogen-bond acceptors (Lipinski definition) is 6. The van der Waals surface area contributed by atoms with Gasteiger partial charge < -0.3 is 15.4 Å². The van der Waals surface area contributed by atoms with Crippen LogP contribution in [0.2, 0.25) is 0 Å². The molecule has 0 bridgehead atoms. The summed E-state index contributed by atoms with van der Waals surface area (Å²) in [6.07, 6.45) is 0. The van der Waals surface area contributed by atoms with Crippen LogP contribution in [0.5, 0.6) is 0 Å². The molecule has 0 radical (unpaired) electrons. The molecule has 3 aromatic rings. The number of amides is 1. The van der Waals surface area contributed by atoms with E-state index in [-0.39, 0.29) is 30.4 Å². The predicted octanol–water partition coefficient (Wildman–Crippen LogP) is 3.25. The third-order valence-corrected chi connectivity index (χ3v) is 4.22. The second-order valence-electron chi connectivity index (χ2n) is 6.60. The number of aryl methyl sites for hydroxylation is 1. The molecule has 0 saturated carbocycles. The number of esters is 1. The van der Waals surface area contributed by atoms with Crippen molar-refractivity contribution in [3.05, 3.63) is 82.0 Å². The van der Waals surface area contributed by atoms with E-state index in [0.717, 1.165) is 4.57 Å². The quantitative estimate of drug-likeness (QED) is 0.565. The van der Waals surface area contributed by atoms with Gasteiger partial charge in [-0.1, -0.05) is 18.2 Å². The highest BCUT2D eigenvalue weighted by Crippen LogP contribution is 2.18. The number of hydrogen-bond donors (Lipinski definition) is 2. The van der Waals surface area contributed by atoms with E-state index in [4.69, 9.17) is 4.74 Å². The molecule has 0 aliphatic rings. The van der Waals surface area contributed by atoms with Crippen molar-refractivity contribution in [2.45, 2.75) is 20.4 Å². The first kappa shape index (κ1) is 21.7. The third kappa shape index (κ3) is 5.53. The molecule has 2 aromatic carbocycles. The maximum atomic E-state index is 13.5. The van der Waals surface area contributed by atoms with Gasteiger partial charge in [-0.15, -0.1) is 0 Å². The Morgan fingerprint density at radius 2 is 1.90 bits per heavy atom. The molecule has 0 aliphatic carbocycles. The number of aromatic nitrogens is 2. The van der Waals surface area contributed by atoms with Crippen LogP contribution in [0.1, 0.15) is 23.0 Å². The Bertz CT molecular complexity index is 1180. The minimum absolute atomic E-state index is 0.0874. The summed E-state index contributed by atoms with van der Waals surface area (Å²) in [6.45, 7) is 3.14. The lowest BCUT2D eigenvalue weighted by Crippen LogP contribution is -2.30. The van der Waals surface area contributed by atoms with E-state index >= 15 is 0 Å². The van der Waals surface area contributed by atoms with E-state index in [1.807, 2.05) is 0 Å². The van der Waals surface area contributed by atoms with Gasteiger partial charge in [0.1, 0.15) is 12.4 Å². The first-order valence-corrected chi connectivity index (χ1v) is 9.54. The highest BCUT2D eigenvalue weighted by molar-refractivity contribution is 6.01. The number of anilines is 3. The van der Waals surface area contributed by atoms with Crippen LogP contribution < -0.4 is 16.2 Å². The number of nitrogens with one attached hydrogen (secondary N) is 2. The number of benzene rings is 2. The van der Waals surface area contributed by atoms with Gasteiger partial charge >= 0.3 is 5.97 Å². The van der Waals surface area contributed by atoms with E-state index in [2.05, 4.69) is 15.6 Å². The first-order valence-electron chi connectivity index (χ1n) is 9.54. The highest BCUT2D eigenvalue weighted by Gasteiger charge is 2.16. The molecule has 0 aliphatic heterocycles. The number of para-hydroxylation sites is 1. The summed E-state index contributed by atoms with van der Waals surface area (Å²) in [4.78, 5) is 41.6. The fraction of sp³-hybridized carbons (Fsp3) is 0.182. The van der Waals surface area contributed by atoms with Crippen molar-refractivity contribution in [2.75, 3.05) is 17.2 Å². The minimum atomic E-state index is -0.568. The minimum Gasteiger partial charge on any atom is -0.462 e. The highest BCUT2D eigenvalue weighted by atomic mass is 19.1. The summed E-state index contributed by atoms with van der Waals surface area (Å²) in [5.74, 6) is -1.49. The molecule has 31 heavy (non-hydrogen) atoms. The zero-order chi connectivity index (χ0) is 22.4. The number of ether oxygens (including phenoxy) is 1. The lowest BCUT2D eigenvalue weighted by Gasteiger charge is -2.15. The molecule has 8 nitrogen and oxygen atoms in total. The Morgan fingerprint density at radius 1 is 1.13 bits per heavy atom. The van der Waals surface area contributed by atoms with E-state index in [1.54, 1.807) is 38.1 Å². The van der Waals surface area contributed by atoms with E-state index < -0.39 is 23.3 Å². The Morgan fingerprint density at radius 3 is 2.65 bits per heavy atom. The molecule has 160 valence electrons. The van der Waals surface area contributed by atoms with Crippen molar-refractivity contribution < 1.29 is 18.7 Å². The number of halogens is 1. The Kier molecular flexibility index (Phi) is 6.76. The second kappa shape index (κ2) is 9.66. The average molecular weight is 424 g/mol. The van der Waals surface area contributed by atoms with Crippen molar-refractivity contribution in [3.8, 4) is 0 Å². The van der Waals surface area contributed by atoms with Crippen LogP contribution in [0.25, 0.3) is 0 Å². The van der Waals surface area contributed by atoms with Crippen molar-refractivity contribution in [3.63, 3.8) is 0 Å². The molecule has 1 heterocycles. The molecule has 0 spiro atoms. The molecule has 1 amide bonds. The Hall–Kier alpha value is -4.01. The molecule has 3 rings (SSSR count). The Labute approximate surface area is 177 Å². The second-order valence-corrected chi connectivity index (χ2v) is 6.60. The van der Waals surface area contributed by atoms with Gasteiger partial charge in [0.25, 0.3) is 5.56 Å². The summed E-state index contributed by atoms with van der Waals surface area (Å²) in [5, 5.41) is 5.49. The van der Waals surface area contributed by atoms with E-state index in [9.17, 15) is 18.8 Å². The molecule has 1 aromatic heterocycles. The fourth-order valence-electron chi connectivity index (χ4n) is 2.88. The van der Waals surface area contributed by atoms with Crippen LogP contribution in [0.3, 0.4) is 0 Å². The van der Waals surface area contributed by atoms with Gasteiger partial charge in [0, 0.05) is 17.4 Å². The standard InChI is InChI=1S/C22H21FN4O4/c1-3-31-21(30)17-9-4-5-10-18(17)26-19(28)13-27-20(29)11-14(2)24-22(27)25-16-8-6-7-15(23)12-16/h4-12H,3,13H2,1-2H3,(H,24,25)(H,26,28). The molecule has 9 heteroatoms. The predicted molar refractivity (Wildman–Crippen MR) is 114 cm³/mol. The maximum Gasteiger partial charge on any atom is 0.340 e. The SMILES string of the molecule is CCOC(=O)c1ccccc1NC(=O)Cn1c(Nc2cccc(F)c2)nc(C)cc1=O. The maximum absolute atomic E-state index is 13.5. The van der Waals surface area contributed by atoms with Crippen LogP contribution in [-0.2, 0) is 16.1 Å². The summed E-state index contributed by atoms with van der Waals surface area (Å²) in [5.41, 5.74) is 0.816. The number of carbonyl (C=O) groups excluding carboxylic acids is 2.